The zero-order valence-electron chi connectivity index (χ0n) is 19.4. The first-order chi connectivity index (χ1) is 13.5. The van der Waals surface area contributed by atoms with Crippen molar-refractivity contribution in [3.63, 3.8) is 0 Å². The van der Waals surface area contributed by atoms with Crippen molar-refractivity contribution >= 4 is 20.8 Å². The van der Waals surface area contributed by atoms with E-state index in [2.05, 4.69) is 24.3 Å². The van der Waals surface area contributed by atoms with Crippen molar-refractivity contribution in [3.8, 4) is 0 Å². The minimum Gasteiger partial charge on any atom is -1.00 e. The molecular formula is C18H39NaO9S2. The molecule has 0 rings (SSSR count). The second-order valence-corrected chi connectivity index (χ2v) is 7.98. The van der Waals surface area contributed by atoms with Crippen molar-refractivity contribution in [2.24, 2.45) is 0 Å². The van der Waals surface area contributed by atoms with E-state index < -0.39 is 20.8 Å². The maximum atomic E-state index is 10.2. The first-order valence-corrected chi connectivity index (χ1v) is 12.3. The normalized spacial score (nSPS) is 10.5. The van der Waals surface area contributed by atoms with Crippen LogP contribution in [0.5, 0.6) is 0 Å². The van der Waals surface area contributed by atoms with E-state index in [1.807, 2.05) is 0 Å². The molecule has 0 saturated heterocycles. The van der Waals surface area contributed by atoms with Gasteiger partial charge >= 0.3 is 50.4 Å². The second-order valence-electron chi connectivity index (χ2n) is 5.99. The fourth-order valence-corrected chi connectivity index (χ4v) is 2.32. The van der Waals surface area contributed by atoms with Gasteiger partial charge in [-0.25, -0.2) is 4.18 Å². The third-order valence-corrected chi connectivity index (χ3v) is 3.67. The summed E-state index contributed by atoms with van der Waals surface area (Å²) in [6.07, 6.45) is 15.3. The molecule has 0 aliphatic carbocycles. The van der Waals surface area contributed by atoms with Crippen LogP contribution in [0.15, 0.2) is 25.3 Å². The van der Waals surface area contributed by atoms with Gasteiger partial charge in [0.15, 0.2) is 0 Å². The molecule has 0 amide bonds. The molecule has 9 nitrogen and oxygen atoms in total. The molecule has 0 spiro atoms. The van der Waals surface area contributed by atoms with E-state index in [4.69, 9.17) is 26.8 Å². The van der Waals surface area contributed by atoms with Crippen LogP contribution in [0.1, 0.15) is 72.6 Å². The zero-order chi connectivity index (χ0) is 23.0. The van der Waals surface area contributed by atoms with Crippen LogP contribution in [0.2, 0.25) is 0 Å². The predicted molar refractivity (Wildman–Crippen MR) is 116 cm³/mol. The Morgan fingerprint density at radius 2 is 1.10 bits per heavy atom. The molecule has 0 unspecified atom stereocenters. The summed E-state index contributed by atoms with van der Waals surface area (Å²) in [7, 11) is -8.90. The minimum absolute atomic E-state index is 0. The molecule has 0 fully saturated rings. The van der Waals surface area contributed by atoms with E-state index in [0.29, 0.717) is 19.6 Å². The van der Waals surface area contributed by atoms with Crippen molar-refractivity contribution in [2.45, 2.75) is 71.1 Å². The van der Waals surface area contributed by atoms with Crippen molar-refractivity contribution < 1.29 is 70.4 Å². The van der Waals surface area contributed by atoms with Crippen LogP contribution in [-0.4, -0.2) is 50.3 Å². The van der Waals surface area contributed by atoms with E-state index in [-0.39, 0.29) is 37.6 Å². The van der Waals surface area contributed by atoms with Gasteiger partial charge in [-0.05, 0) is 6.42 Å². The minimum atomic E-state index is -4.67. The summed E-state index contributed by atoms with van der Waals surface area (Å²) >= 11 is 0. The van der Waals surface area contributed by atoms with Crippen LogP contribution in [0.4, 0.5) is 0 Å². The molecule has 0 aromatic rings. The van der Waals surface area contributed by atoms with Gasteiger partial charge < -0.3 is 6.16 Å². The molecule has 0 aliphatic rings. The fraction of sp³-hybridized carbons (Fsp3) is 0.778. The van der Waals surface area contributed by atoms with Gasteiger partial charge in [0.2, 0.25) is 0 Å². The summed E-state index contributed by atoms with van der Waals surface area (Å²) in [5, 5.41) is 0. The summed E-state index contributed by atoms with van der Waals surface area (Å²) < 4.78 is 69.5. The molecule has 0 aliphatic heterocycles. The molecule has 30 heavy (non-hydrogen) atoms. The Kier molecular flexibility index (Phi) is 34.0. The first kappa shape index (κ1) is 37.5. The molecule has 0 atom stereocenters. The Bertz CT molecular complexity index is 555. The van der Waals surface area contributed by atoms with Crippen LogP contribution in [0.25, 0.3) is 0 Å². The Morgan fingerprint density at radius 3 is 1.40 bits per heavy atom. The maximum Gasteiger partial charge on any atom is 1.00 e. The van der Waals surface area contributed by atoms with Crippen LogP contribution in [0, 0.1) is 0 Å². The molecule has 178 valence electrons. The van der Waals surface area contributed by atoms with Crippen LogP contribution in [-0.2, 0) is 29.7 Å². The number of hydrogen-bond donors (Lipinski definition) is 3. The van der Waals surface area contributed by atoms with Crippen molar-refractivity contribution in [1.29, 1.82) is 0 Å². The van der Waals surface area contributed by atoms with Crippen LogP contribution >= 0.6 is 0 Å². The Labute approximate surface area is 206 Å². The summed E-state index contributed by atoms with van der Waals surface area (Å²) in [5.41, 5.74) is 0. The molecule has 12 heteroatoms. The molecule has 0 aromatic heterocycles. The van der Waals surface area contributed by atoms with Gasteiger partial charge in [-0.1, -0.05) is 76.9 Å². The third-order valence-electron chi connectivity index (χ3n) is 3.20. The average molecular weight is 487 g/mol. The number of ether oxygens (including phenoxy) is 1. The fourth-order valence-electron chi connectivity index (χ4n) is 1.99. The van der Waals surface area contributed by atoms with E-state index in [0.717, 1.165) is 12.8 Å². The monoisotopic (exact) mass is 486 g/mol. The summed E-state index contributed by atoms with van der Waals surface area (Å²) in [6.45, 7) is 10.5. The third kappa shape index (κ3) is 63.0. The SMILES string of the molecule is C=CCOCC=C.CCCCCCCCCCCCOS(=O)(=O)O.O=S(=O)(O)O.[H-].[Na+]. The maximum absolute atomic E-state index is 10.2. The van der Waals surface area contributed by atoms with Crippen molar-refractivity contribution in [2.75, 3.05) is 19.8 Å². The Balaban J connectivity index is -0.000000134. The van der Waals surface area contributed by atoms with Gasteiger partial charge in [-0.3, -0.25) is 13.7 Å². The first-order valence-electron chi connectivity index (χ1n) is 9.59. The predicted octanol–water partition coefficient (Wildman–Crippen LogP) is 1.57. The van der Waals surface area contributed by atoms with E-state index in [1.165, 1.54) is 44.9 Å². The molecule has 0 radical (unpaired) electrons. The van der Waals surface area contributed by atoms with Crippen molar-refractivity contribution in [1.82, 2.24) is 0 Å². The largest absolute Gasteiger partial charge is 1.00 e. The van der Waals surface area contributed by atoms with Gasteiger partial charge in [-0.2, -0.15) is 16.8 Å². The molecule has 0 saturated carbocycles. The molecule has 0 bridgehead atoms. The molecule has 0 aromatic carbocycles. The van der Waals surface area contributed by atoms with Gasteiger partial charge in [0.25, 0.3) is 0 Å². The van der Waals surface area contributed by atoms with E-state index in [1.54, 1.807) is 12.2 Å². The van der Waals surface area contributed by atoms with Gasteiger partial charge in [-0.15, -0.1) is 13.2 Å². The number of unbranched alkanes of at least 4 members (excludes halogenated alkanes) is 9. The molecule has 0 heterocycles. The number of rotatable bonds is 16. The van der Waals surface area contributed by atoms with E-state index >= 15 is 0 Å². The zero-order valence-corrected chi connectivity index (χ0v) is 22.0. The summed E-state index contributed by atoms with van der Waals surface area (Å²) in [6, 6.07) is 0. The topological polar surface area (TPSA) is 147 Å². The van der Waals surface area contributed by atoms with Gasteiger partial charge in [0.1, 0.15) is 0 Å². The van der Waals surface area contributed by atoms with Crippen LogP contribution < -0.4 is 29.6 Å². The smallest absolute Gasteiger partial charge is 1.00 e. The standard InChI is InChI=1S/C12H26O4S.C6H10O.Na.H2O4S.H/c1-2-3-4-5-6-7-8-9-10-11-12-16-17(13,14)15;1-3-5-7-6-4-2;;1-5(2,3)4;/h2-12H2,1H3,(H,13,14,15);3-4H,1-2,5-6H2;;(H2,1,2,3,4);/q;;+1;;-1. The Morgan fingerprint density at radius 1 is 0.767 bits per heavy atom. The quantitative estimate of drug-likeness (QED) is 0.128. The average Bonchev–Trinajstić information content (AvgIpc) is 2.58. The van der Waals surface area contributed by atoms with Gasteiger partial charge in [0.05, 0.1) is 19.8 Å². The Hall–Kier alpha value is 0.180. The molecular weight excluding hydrogens is 447 g/mol. The second kappa shape index (κ2) is 27.2. The van der Waals surface area contributed by atoms with Gasteiger partial charge in [0, 0.05) is 0 Å². The van der Waals surface area contributed by atoms with Crippen LogP contribution in [0.3, 0.4) is 0 Å². The summed E-state index contributed by atoms with van der Waals surface area (Å²) in [5.74, 6) is 0. The summed E-state index contributed by atoms with van der Waals surface area (Å²) in [4.78, 5) is 0. The molecule has 3 N–H and O–H groups in total. The van der Waals surface area contributed by atoms with E-state index in [9.17, 15) is 8.42 Å². The van der Waals surface area contributed by atoms with Crippen molar-refractivity contribution in [3.05, 3.63) is 25.3 Å². The number of hydrogen-bond acceptors (Lipinski definition) is 6.